The summed E-state index contributed by atoms with van der Waals surface area (Å²) in [5.41, 5.74) is 1.58. The molecule has 1 saturated heterocycles. The average Bonchev–Trinajstić information content (AvgIpc) is 3.32. The lowest BCUT2D eigenvalue weighted by Gasteiger charge is -2.33. The van der Waals surface area contributed by atoms with E-state index in [1.165, 1.54) is 0 Å². The Hall–Kier alpha value is -3.94. The molecule has 1 aliphatic rings. The summed E-state index contributed by atoms with van der Waals surface area (Å²) >= 11 is 0. The van der Waals surface area contributed by atoms with Crippen LogP contribution in [0.3, 0.4) is 0 Å². The second-order valence-electron chi connectivity index (χ2n) is 7.89. The number of carbonyl (C=O) groups is 1. The molecule has 4 aromatic rings. The zero-order chi connectivity index (χ0) is 21.9. The first-order valence-electron chi connectivity index (χ1n) is 10.7. The number of nitrogens with zero attached hydrogens (tertiary/aromatic N) is 6. The monoisotopic (exact) mass is 428 g/mol. The van der Waals surface area contributed by atoms with E-state index in [9.17, 15) is 4.79 Å². The van der Waals surface area contributed by atoms with E-state index >= 15 is 0 Å². The Labute approximate surface area is 186 Å². The normalized spacial score (nSPS) is 14.5. The molecule has 0 N–H and O–H groups in total. The number of rotatable bonds is 5. The Balaban J connectivity index is 1.19. The Morgan fingerprint density at radius 3 is 2.44 bits per heavy atom. The first-order chi connectivity index (χ1) is 15.7. The van der Waals surface area contributed by atoms with E-state index < -0.39 is 0 Å². The Kier molecular flexibility index (Phi) is 5.41. The van der Waals surface area contributed by atoms with E-state index in [1.807, 2.05) is 73.8 Å². The predicted octanol–water partition coefficient (Wildman–Crippen LogP) is 3.80. The SMILES string of the molecule is CN(C(=O)C1CCN(c2ccc3nncn3n2)CC1)c1ccc(Oc2ccccc2)cc1. The summed E-state index contributed by atoms with van der Waals surface area (Å²) in [6.45, 7) is 1.57. The summed E-state index contributed by atoms with van der Waals surface area (Å²) in [4.78, 5) is 17.0. The molecule has 162 valence electrons. The highest BCUT2D eigenvalue weighted by atomic mass is 16.5. The highest BCUT2D eigenvalue weighted by Gasteiger charge is 2.28. The van der Waals surface area contributed by atoms with Gasteiger partial charge in [-0.3, -0.25) is 4.79 Å². The molecule has 0 unspecified atom stereocenters. The third-order valence-corrected chi connectivity index (χ3v) is 5.85. The first kappa shape index (κ1) is 20.0. The van der Waals surface area contributed by atoms with Gasteiger partial charge in [0.2, 0.25) is 5.91 Å². The summed E-state index contributed by atoms with van der Waals surface area (Å²) < 4.78 is 7.51. The van der Waals surface area contributed by atoms with Crippen LogP contribution in [0, 0.1) is 5.92 Å². The number of carbonyl (C=O) groups excluding carboxylic acids is 1. The largest absolute Gasteiger partial charge is 0.457 e. The molecule has 32 heavy (non-hydrogen) atoms. The lowest BCUT2D eigenvalue weighted by atomic mass is 9.95. The zero-order valence-corrected chi connectivity index (χ0v) is 17.8. The molecular formula is C24H24N6O2. The Morgan fingerprint density at radius 2 is 1.69 bits per heavy atom. The van der Waals surface area contributed by atoms with Gasteiger partial charge in [0.1, 0.15) is 23.6 Å². The van der Waals surface area contributed by atoms with Gasteiger partial charge < -0.3 is 14.5 Å². The number of ether oxygens (including phenoxy) is 1. The molecule has 1 aliphatic heterocycles. The van der Waals surface area contributed by atoms with Gasteiger partial charge in [0.15, 0.2) is 5.65 Å². The van der Waals surface area contributed by atoms with Gasteiger partial charge in [-0.25, -0.2) is 0 Å². The number of piperidine rings is 1. The van der Waals surface area contributed by atoms with Gasteiger partial charge in [-0.1, -0.05) is 18.2 Å². The summed E-state index contributed by atoms with van der Waals surface area (Å²) in [6, 6.07) is 21.1. The Bertz CT molecular complexity index is 1200. The zero-order valence-electron chi connectivity index (χ0n) is 17.8. The molecule has 2 aromatic carbocycles. The minimum atomic E-state index is -0.00450. The molecule has 2 aromatic heterocycles. The minimum Gasteiger partial charge on any atom is -0.457 e. The fraction of sp³-hybridized carbons (Fsp3) is 0.250. The number of hydrogen-bond donors (Lipinski definition) is 0. The van der Waals surface area contributed by atoms with Gasteiger partial charge in [-0.15, -0.1) is 15.3 Å². The van der Waals surface area contributed by atoms with Gasteiger partial charge in [0.05, 0.1) is 0 Å². The van der Waals surface area contributed by atoms with Crippen LogP contribution in [0.2, 0.25) is 0 Å². The molecule has 0 saturated carbocycles. The van der Waals surface area contributed by atoms with Crippen LogP contribution in [0.25, 0.3) is 5.65 Å². The highest BCUT2D eigenvalue weighted by Crippen LogP contribution is 2.27. The number of amides is 1. The van der Waals surface area contributed by atoms with Gasteiger partial charge in [-0.05, 0) is 61.4 Å². The van der Waals surface area contributed by atoms with Crippen molar-refractivity contribution >= 4 is 23.1 Å². The molecule has 1 amide bonds. The number of benzene rings is 2. The third kappa shape index (κ3) is 4.12. The molecule has 0 bridgehead atoms. The second kappa shape index (κ2) is 8.66. The number of fused-ring (bicyclic) bond motifs is 1. The van der Waals surface area contributed by atoms with Gasteiger partial charge >= 0.3 is 0 Å². The third-order valence-electron chi connectivity index (χ3n) is 5.85. The number of aromatic nitrogens is 4. The summed E-state index contributed by atoms with van der Waals surface area (Å²) in [5, 5.41) is 12.4. The second-order valence-corrected chi connectivity index (χ2v) is 7.89. The van der Waals surface area contributed by atoms with Crippen LogP contribution in [0.5, 0.6) is 11.5 Å². The topological polar surface area (TPSA) is 75.9 Å². The van der Waals surface area contributed by atoms with Gasteiger partial charge in [0.25, 0.3) is 0 Å². The summed E-state index contributed by atoms with van der Waals surface area (Å²) in [5.74, 6) is 2.55. The molecule has 8 heteroatoms. The van der Waals surface area contributed by atoms with Crippen molar-refractivity contribution in [2.24, 2.45) is 5.92 Å². The number of para-hydroxylation sites is 1. The van der Waals surface area contributed by atoms with Crippen LogP contribution >= 0.6 is 0 Å². The van der Waals surface area contributed by atoms with E-state index in [1.54, 1.807) is 15.7 Å². The van der Waals surface area contributed by atoms with Crippen LogP contribution in [0.1, 0.15) is 12.8 Å². The number of anilines is 2. The maximum atomic E-state index is 13.1. The molecule has 0 radical (unpaired) electrons. The molecule has 0 aliphatic carbocycles. The van der Waals surface area contributed by atoms with Crippen molar-refractivity contribution in [2.45, 2.75) is 12.8 Å². The van der Waals surface area contributed by atoms with Gasteiger partial charge in [-0.2, -0.15) is 4.52 Å². The summed E-state index contributed by atoms with van der Waals surface area (Å²) in [7, 11) is 1.84. The van der Waals surface area contributed by atoms with Crippen LogP contribution in [0.15, 0.2) is 73.1 Å². The number of hydrogen-bond acceptors (Lipinski definition) is 6. The first-order valence-corrected chi connectivity index (χ1v) is 10.7. The van der Waals surface area contributed by atoms with Crippen molar-refractivity contribution in [3.8, 4) is 11.5 Å². The molecule has 0 atom stereocenters. The Morgan fingerprint density at radius 1 is 0.969 bits per heavy atom. The van der Waals surface area contributed by atoms with E-state index in [4.69, 9.17) is 4.74 Å². The predicted molar refractivity (Wildman–Crippen MR) is 122 cm³/mol. The molecule has 0 spiro atoms. The van der Waals surface area contributed by atoms with Crippen molar-refractivity contribution in [3.63, 3.8) is 0 Å². The van der Waals surface area contributed by atoms with Crippen molar-refractivity contribution < 1.29 is 9.53 Å². The van der Waals surface area contributed by atoms with E-state index in [2.05, 4.69) is 20.2 Å². The minimum absolute atomic E-state index is 0.00450. The van der Waals surface area contributed by atoms with Crippen molar-refractivity contribution in [3.05, 3.63) is 73.1 Å². The maximum Gasteiger partial charge on any atom is 0.229 e. The molecule has 3 heterocycles. The van der Waals surface area contributed by atoms with Gasteiger partial charge in [0, 0.05) is 31.7 Å². The fourth-order valence-electron chi connectivity index (χ4n) is 4.01. The van der Waals surface area contributed by atoms with E-state index in [0.29, 0.717) is 0 Å². The van der Waals surface area contributed by atoms with Crippen molar-refractivity contribution in [1.29, 1.82) is 0 Å². The van der Waals surface area contributed by atoms with Crippen LogP contribution in [0.4, 0.5) is 11.5 Å². The standard InChI is InChI=1S/C24H24N6O2/c1-28(19-7-9-21(10-8-19)32-20-5-3-2-4-6-20)24(31)18-13-15-29(16-14-18)23-12-11-22-26-25-17-30(22)27-23/h2-12,17-18H,13-16H2,1H3. The lowest BCUT2D eigenvalue weighted by Crippen LogP contribution is -2.41. The summed E-state index contributed by atoms with van der Waals surface area (Å²) in [6.07, 6.45) is 3.18. The van der Waals surface area contributed by atoms with Crippen molar-refractivity contribution in [1.82, 2.24) is 19.8 Å². The average molecular weight is 428 g/mol. The van der Waals surface area contributed by atoms with Crippen LogP contribution < -0.4 is 14.5 Å². The molecular weight excluding hydrogens is 404 g/mol. The van der Waals surface area contributed by atoms with E-state index in [0.717, 1.165) is 54.6 Å². The quantitative estimate of drug-likeness (QED) is 0.481. The lowest BCUT2D eigenvalue weighted by molar-refractivity contribution is -0.122. The fourth-order valence-corrected chi connectivity index (χ4v) is 4.01. The van der Waals surface area contributed by atoms with E-state index in [-0.39, 0.29) is 11.8 Å². The smallest absolute Gasteiger partial charge is 0.229 e. The molecule has 5 rings (SSSR count). The van der Waals surface area contributed by atoms with Crippen LogP contribution in [-0.4, -0.2) is 45.9 Å². The molecule has 8 nitrogen and oxygen atoms in total. The van der Waals surface area contributed by atoms with Crippen molar-refractivity contribution in [2.75, 3.05) is 29.9 Å². The van der Waals surface area contributed by atoms with Crippen LogP contribution in [-0.2, 0) is 4.79 Å². The molecule has 1 fully saturated rings. The maximum absolute atomic E-state index is 13.1. The highest BCUT2D eigenvalue weighted by molar-refractivity contribution is 5.94.